The Labute approximate surface area is 112 Å². The first-order chi connectivity index (χ1) is 8.90. The molecular formula is C12H17FN2O3S. The summed E-state index contributed by atoms with van der Waals surface area (Å²) in [6.45, 7) is 4.37. The van der Waals surface area contributed by atoms with Gasteiger partial charge in [0.15, 0.2) is 0 Å². The zero-order chi connectivity index (χ0) is 14.5. The van der Waals surface area contributed by atoms with E-state index in [2.05, 4.69) is 4.72 Å². The minimum Gasteiger partial charge on any atom is -0.342 e. The van der Waals surface area contributed by atoms with Gasteiger partial charge in [-0.3, -0.25) is 4.79 Å². The molecule has 0 atom stereocenters. The van der Waals surface area contributed by atoms with Gasteiger partial charge in [-0.1, -0.05) is 0 Å². The SMILES string of the molecule is CCN(CC)C(=O)CNS(=O)(=O)c1ccc(F)cc1. The van der Waals surface area contributed by atoms with Gasteiger partial charge in [0.1, 0.15) is 5.82 Å². The molecule has 0 heterocycles. The van der Waals surface area contributed by atoms with E-state index in [1.165, 1.54) is 4.90 Å². The van der Waals surface area contributed by atoms with Gasteiger partial charge >= 0.3 is 0 Å². The molecule has 1 aromatic carbocycles. The maximum Gasteiger partial charge on any atom is 0.241 e. The van der Waals surface area contributed by atoms with E-state index < -0.39 is 15.8 Å². The van der Waals surface area contributed by atoms with Crippen LogP contribution in [0, 0.1) is 5.82 Å². The summed E-state index contributed by atoms with van der Waals surface area (Å²) in [4.78, 5) is 13.1. The molecular weight excluding hydrogens is 271 g/mol. The van der Waals surface area contributed by atoms with Gasteiger partial charge in [-0.05, 0) is 38.1 Å². The number of sulfonamides is 1. The summed E-state index contributed by atoms with van der Waals surface area (Å²) in [7, 11) is -3.79. The first-order valence-corrected chi connectivity index (χ1v) is 7.42. The highest BCUT2D eigenvalue weighted by Crippen LogP contribution is 2.09. The second-order valence-corrected chi connectivity index (χ2v) is 5.61. The molecule has 0 unspecified atom stereocenters. The van der Waals surface area contributed by atoms with Gasteiger partial charge in [0.25, 0.3) is 0 Å². The average Bonchev–Trinajstić information content (AvgIpc) is 2.38. The van der Waals surface area contributed by atoms with Crippen LogP contribution in [0.5, 0.6) is 0 Å². The molecule has 19 heavy (non-hydrogen) atoms. The Bertz CT molecular complexity index is 524. The highest BCUT2D eigenvalue weighted by atomic mass is 32.2. The average molecular weight is 288 g/mol. The fourth-order valence-electron chi connectivity index (χ4n) is 1.54. The number of rotatable bonds is 6. The van der Waals surface area contributed by atoms with Gasteiger partial charge in [0.2, 0.25) is 15.9 Å². The van der Waals surface area contributed by atoms with Gasteiger partial charge in [0.05, 0.1) is 11.4 Å². The molecule has 7 heteroatoms. The van der Waals surface area contributed by atoms with E-state index in [4.69, 9.17) is 0 Å². The molecule has 1 N–H and O–H groups in total. The molecule has 106 valence electrons. The highest BCUT2D eigenvalue weighted by molar-refractivity contribution is 7.89. The molecule has 0 spiro atoms. The Kier molecular flexibility index (Phi) is 5.44. The van der Waals surface area contributed by atoms with Gasteiger partial charge in [-0.25, -0.2) is 17.5 Å². The number of nitrogens with one attached hydrogen (secondary N) is 1. The number of nitrogens with zero attached hydrogens (tertiary/aromatic N) is 1. The molecule has 0 aliphatic carbocycles. The number of hydrogen-bond acceptors (Lipinski definition) is 3. The van der Waals surface area contributed by atoms with Crippen LogP contribution in [-0.4, -0.2) is 38.9 Å². The van der Waals surface area contributed by atoms with Crippen LogP contribution in [0.4, 0.5) is 4.39 Å². The van der Waals surface area contributed by atoms with Gasteiger partial charge in [0, 0.05) is 13.1 Å². The van der Waals surface area contributed by atoms with Crippen LogP contribution >= 0.6 is 0 Å². The van der Waals surface area contributed by atoms with E-state index >= 15 is 0 Å². The first kappa shape index (κ1) is 15.6. The van der Waals surface area contributed by atoms with E-state index in [9.17, 15) is 17.6 Å². The first-order valence-electron chi connectivity index (χ1n) is 5.93. The minimum atomic E-state index is -3.79. The molecule has 0 radical (unpaired) electrons. The fourth-order valence-corrected chi connectivity index (χ4v) is 2.52. The molecule has 0 saturated heterocycles. The molecule has 1 rings (SSSR count). The van der Waals surface area contributed by atoms with Crippen molar-refractivity contribution < 1.29 is 17.6 Å². The number of benzene rings is 1. The summed E-state index contributed by atoms with van der Waals surface area (Å²) >= 11 is 0. The van der Waals surface area contributed by atoms with Crippen LogP contribution in [0.25, 0.3) is 0 Å². The summed E-state index contributed by atoms with van der Waals surface area (Å²) in [5.74, 6) is -0.811. The van der Waals surface area contributed by atoms with Crippen molar-refractivity contribution in [1.82, 2.24) is 9.62 Å². The quantitative estimate of drug-likeness (QED) is 0.848. The minimum absolute atomic E-state index is 0.0683. The van der Waals surface area contributed by atoms with Crippen molar-refractivity contribution in [1.29, 1.82) is 0 Å². The van der Waals surface area contributed by atoms with Crippen molar-refractivity contribution in [2.24, 2.45) is 0 Å². The number of hydrogen-bond donors (Lipinski definition) is 1. The lowest BCUT2D eigenvalue weighted by molar-refractivity contribution is -0.129. The summed E-state index contributed by atoms with van der Waals surface area (Å²) < 4.78 is 38.6. The van der Waals surface area contributed by atoms with Crippen LogP contribution in [-0.2, 0) is 14.8 Å². The van der Waals surface area contributed by atoms with Crippen LogP contribution in [0.3, 0.4) is 0 Å². The Morgan fingerprint density at radius 2 is 1.74 bits per heavy atom. The smallest absolute Gasteiger partial charge is 0.241 e. The van der Waals surface area contributed by atoms with E-state index in [1.54, 1.807) is 0 Å². The molecule has 1 amide bonds. The summed E-state index contributed by atoms with van der Waals surface area (Å²) in [5, 5.41) is 0. The third-order valence-corrected chi connectivity index (χ3v) is 4.07. The molecule has 0 aromatic heterocycles. The van der Waals surface area contributed by atoms with E-state index in [0.717, 1.165) is 24.3 Å². The number of carbonyl (C=O) groups excluding carboxylic acids is 1. The molecule has 0 saturated carbocycles. The van der Waals surface area contributed by atoms with Crippen LogP contribution < -0.4 is 4.72 Å². The Hall–Kier alpha value is -1.47. The Morgan fingerprint density at radius 1 is 1.21 bits per heavy atom. The predicted octanol–water partition coefficient (Wildman–Crippen LogP) is 0.972. The number of halogens is 1. The Balaban J connectivity index is 2.71. The second-order valence-electron chi connectivity index (χ2n) is 3.84. The third-order valence-electron chi connectivity index (χ3n) is 2.65. The molecule has 0 fully saturated rings. The van der Waals surface area contributed by atoms with Crippen LogP contribution in [0.15, 0.2) is 29.2 Å². The standard InChI is InChI=1S/C12H17FN2O3S/c1-3-15(4-2)12(16)9-14-19(17,18)11-7-5-10(13)6-8-11/h5-8,14H,3-4,9H2,1-2H3. The van der Waals surface area contributed by atoms with Crippen molar-refractivity contribution in [2.75, 3.05) is 19.6 Å². The van der Waals surface area contributed by atoms with E-state index in [-0.39, 0.29) is 17.3 Å². The van der Waals surface area contributed by atoms with Crippen molar-refractivity contribution in [3.8, 4) is 0 Å². The summed E-state index contributed by atoms with van der Waals surface area (Å²) in [6, 6.07) is 4.42. The second kappa shape index (κ2) is 6.63. The maximum absolute atomic E-state index is 12.7. The highest BCUT2D eigenvalue weighted by Gasteiger charge is 2.17. The topological polar surface area (TPSA) is 66.5 Å². The van der Waals surface area contributed by atoms with E-state index in [1.807, 2.05) is 13.8 Å². The van der Waals surface area contributed by atoms with Gasteiger partial charge in [-0.15, -0.1) is 0 Å². The van der Waals surface area contributed by atoms with Gasteiger partial charge < -0.3 is 4.90 Å². The number of carbonyl (C=O) groups is 1. The zero-order valence-corrected chi connectivity index (χ0v) is 11.7. The number of likely N-dealkylation sites (N-methyl/N-ethyl adjacent to an activating group) is 1. The lowest BCUT2D eigenvalue weighted by Crippen LogP contribution is -2.39. The van der Waals surface area contributed by atoms with Crippen molar-refractivity contribution >= 4 is 15.9 Å². The van der Waals surface area contributed by atoms with Crippen LogP contribution in [0.1, 0.15) is 13.8 Å². The molecule has 0 aliphatic rings. The van der Waals surface area contributed by atoms with Crippen molar-refractivity contribution in [3.05, 3.63) is 30.1 Å². The van der Waals surface area contributed by atoms with Crippen LogP contribution in [0.2, 0.25) is 0 Å². The lowest BCUT2D eigenvalue weighted by atomic mass is 10.4. The normalized spacial score (nSPS) is 11.3. The molecule has 0 aliphatic heterocycles. The number of amides is 1. The van der Waals surface area contributed by atoms with Crippen molar-refractivity contribution in [2.45, 2.75) is 18.7 Å². The monoisotopic (exact) mass is 288 g/mol. The molecule has 0 bridgehead atoms. The molecule has 5 nitrogen and oxygen atoms in total. The molecule has 1 aromatic rings. The maximum atomic E-state index is 12.7. The van der Waals surface area contributed by atoms with Gasteiger partial charge in [-0.2, -0.15) is 0 Å². The van der Waals surface area contributed by atoms with E-state index in [0.29, 0.717) is 13.1 Å². The predicted molar refractivity (Wildman–Crippen MR) is 69.5 cm³/mol. The summed E-state index contributed by atoms with van der Waals surface area (Å²) in [5.41, 5.74) is 0. The van der Waals surface area contributed by atoms with Crippen molar-refractivity contribution in [3.63, 3.8) is 0 Å². The zero-order valence-electron chi connectivity index (χ0n) is 10.9. The Morgan fingerprint density at radius 3 is 2.21 bits per heavy atom. The fraction of sp³-hybridized carbons (Fsp3) is 0.417. The third kappa shape index (κ3) is 4.29. The summed E-state index contributed by atoms with van der Waals surface area (Å²) in [6.07, 6.45) is 0. The largest absolute Gasteiger partial charge is 0.342 e. The lowest BCUT2D eigenvalue weighted by Gasteiger charge is -2.18.